The molecule has 19 heavy (non-hydrogen) atoms. The first-order chi connectivity index (χ1) is 9.02. The van der Waals surface area contributed by atoms with E-state index in [-0.39, 0.29) is 23.5 Å². The van der Waals surface area contributed by atoms with Gasteiger partial charge in [-0.2, -0.15) is 4.31 Å². The van der Waals surface area contributed by atoms with Gasteiger partial charge in [0.15, 0.2) is 0 Å². The molecule has 1 saturated heterocycles. The molecule has 2 unspecified atom stereocenters. The van der Waals surface area contributed by atoms with Gasteiger partial charge in [-0.05, 0) is 38.3 Å². The van der Waals surface area contributed by atoms with Gasteiger partial charge in [0, 0.05) is 24.8 Å². The second kappa shape index (κ2) is 5.56. The van der Waals surface area contributed by atoms with Crippen molar-refractivity contribution in [2.24, 2.45) is 5.73 Å². The van der Waals surface area contributed by atoms with Gasteiger partial charge < -0.3 is 5.73 Å². The van der Waals surface area contributed by atoms with Crippen LogP contribution in [0, 0.1) is 0 Å². The SMILES string of the molecule is CCC1CCC(C)N1S(=O)(=O)c1cccnc1CN. The maximum atomic E-state index is 12.8. The maximum Gasteiger partial charge on any atom is 0.245 e. The molecule has 0 aromatic carbocycles. The lowest BCUT2D eigenvalue weighted by molar-refractivity contribution is 0.328. The number of rotatable bonds is 4. The van der Waals surface area contributed by atoms with Gasteiger partial charge in [-0.3, -0.25) is 4.98 Å². The average Bonchev–Trinajstić information content (AvgIpc) is 2.80. The van der Waals surface area contributed by atoms with Crippen molar-refractivity contribution >= 4 is 10.0 Å². The second-order valence-corrected chi connectivity index (χ2v) is 6.79. The third kappa shape index (κ3) is 2.52. The van der Waals surface area contributed by atoms with Crippen LogP contribution in [0.4, 0.5) is 0 Å². The van der Waals surface area contributed by atoms with Gasteiger partial charge in [0.2, 0.25) is 10.0 Å². The Kier molecular flexibility index (Phi) is 4.23. The molecule has 1 fully saturated rings. The molecule has 106 valence electrons. The third-order valence-corrected chi connectivity index (χ3v) is 5.92. The summed E-state index contributed by atoms with van der Waals surface area (Å²) in [5.41, 5.74) is 6.04. The van der Waals surface area contributed by atoms with E-state index in [0.29, 0.717) is 5.69 Å². The molecule has 5 nitrogen and oxygen atoms in total. The zero-order chi connectivity index (χ0) is 14.0. The molecule has 2 atom stereocenters. The molecule has 0 spiro atoms. The van der Waals surface area contributed by atoms with E-state index >= 15 is 0 Å². The Morgan fingerprint density at radius 1 is 1.47 bits per heavy atom. The molecule has 0 bridgehead atoms. The molecule has 0 saturated carbocycles. The first-order valence-electron chi connectivity index (χ1n) is 6.69. The molecule has 1 aromatic heterocycles. The van der Waals surface area contributed by atoms with Gasteiger partial charge in [-0.1, -0.05) is 6.92 Å². The minimum atomic E-state index is -3.50. The van der Waals surface area contributed by atoms with Crippen LogP contribution in [0.2, 0.25) is 0 Å². The van der Waals surface area contributed by atoms with E-state index < -0.39 is 10.0 Å². The largest absolute Gasteiger partial charge is 0.325 e. The lowest BCUT2D eigenvalue weighted by atomic mass is 10.2. The quantitative estimate of drug-likeness (QED) is 0.908. The molecule has 0 radical (unpaired) electrons. The Hall–Kier alpha value is -0.980. The minimum absolute atomic E-state index is 0.0424. The summed E-state index contributed by atoms with van der Waals surface area (Å²) in [5.74, 6) is 0. The predicted octanol–water partition coefficient (Wildman–Crippen LogP) is 1.49. The van der Waals surface area contributed by atoms with Crippen LogP contribution >= 0.6 is 0 Å². The van der Waals surface area contributed by atoms with Crippen molar-refractivity contribution in [3.63, 3.8) is 0 Å². The number of aromatic nitrogens is 1. The van der Waals surface area contributed by atoms with Gasteiger partial charge >= 0.3 is 0 Å². The fourth-order valence-electron chi connectivity index (χ4n) is 2.79. The van der Waals surface area contributed by atoms with Crippen LogP contribution < -0.4 is 5.73 Å². The molecule has 1 aliphatic heterocycles. The summed E-state index contributed by atoms with van der Waals surface area (Å²) in [6.07, 6.45) is 4.25. The van der Waals surface area contributed by atoms with Gasteiger partial charge in [0.05, 0.1) is 5.69 Å². The van der Waals surface area contributed by atoms with Gasteiger partial charge in [0.1, 0.15) is 4.90 Å². The number of hydrogen-bond donors (Lipinski definition) is 1. The molecule has 1 aliphatic rings. The Balaban J connectivity index is 2.47. The van der Waals surface area contributed by atoms with E-state index in [1.807, 2.05) is 13.8 Å². The van der Waals surface area contributed by atoms with Crippen molar-refractivity contribution in [3.05, 3.63) is 24.0 Å². The summed E-state index contributed by atoms with van der Waals surface area (Å²) in [6.45, 7) is 4.12. The molecular formula is C13H21N3O2S. The van der Waals surface area contributed by atoms with Crippen molar-refractivity contribution in [2.75, 3.05) is 0 Å². The highest BCUT2D eigenvalue weighted by Gasteiger charge is 2.39. The number of sulfonamides is 1. The monoisotopic (exact) mass is 283 g/mol. The Labute approximate surface area is 114 Å². The zero-order valence-electron chi connectivity index (χ0n) is 11.4. The normalized spacial score (nSPS) is 24.8. The summed E-state index contributed by atoms with van der Waals surface area (Å²) >= 11 is 0. The first kappa shape index (κ1) is 14.4. The van der Waals surface area contributed by atoms with Crippen LogP contribution in [-0.2, 0) is 16.6 Å². The van der Waals surface area contributed by atoms with E-state index in [1.165, 1.54) is 0 Å². The van der Waals surface area contributed by atoms with Crippen molar-refractivity contribution in [1.82, 2.24) is 9.29 Å². The molecule has 1 aromatic rings. The van der Waals surface area contributed by atoms with E-state index in [2.05, 4.69) is 4.98 Å². The fourth-order valence-corrected chi connectivity index (χ4v) is 4.93. The summed E-state index contributed by atoms with van der Waals surface area (Å²) in [7, 11) is -3.50. The molecule has 0 aliphatic carbocycles. The summed E-state index contributed by atoms with van der Waals surface area (Å²) in [6, 6.07) is 3.38. The fraction of sp³-hybridized carbons (Fsp3) is 0.615. The Morgan fingerprint density at radius 2 is 2.21 bits per heavy atom. The van der Waals surface area contributed by atoms with Crippen LogP contribution in [0.15, 0.2) is 23.2 Å². The highest BCUT2D eigenvalue weighted by atomic mass is 32.2. The molecule has 0 amide bonds. The van der Waals surface area contributed by atoms with Gasteiger partial charge in [-0.15, -0.1) is 0 Å². The lowest BCUT2D eigenvalue weighted by Crippen LogP contribution is -2.40. The minimum Gasteiger partial charge on any atom is -0.325 e. The number of nitrogens with two attached hydrogens (primary N) is 1. The van der Waals surface area contributed by atoms with E-state index in [9.17, 15) is 8.42 Å². The first-order valence-corrected chi connectivity index (χ1v) is 8.13. The lowest BCUT2D eigenvalue weighted by Gasteiger charge is -2.27. The third-order valence-electron chi connectivity index (χ3n) is 3.78. The molecule has 2 rings (SSSR count). The summed E-state index contributed by atoms with van der Waals surface area (Å²) in [5, 5.41) is 0. The van der Waals surface area contributed by atoms with E-state index in [0.717, 1.165) is 19.3 Å². The van der Waals surface area contributed by atoms with Crippen LogP contribution in [0.1, 0.15) is 38.8 Å². The maximum absolute atomic E-state index is 12.8. The standard InChI is InChI=1S/C13H21N3O2S/c1-3-11-7-6-10(2)16(11)19(17,18)13-5-4-8-15-12(13)9-14/h4-5,8,10-11H,3,6-7,9,14H2,1-2H3. The highest BCUT2D eigenvalue weighted by molar-refractivity contribution is 7.89. The van der Waals surface area contributed by atoms with Crippen LogP contribution in [-0.4, -0.2) is 29.8 Å². The van der Waals surface area contributed by atoms with Gasteiger partial charge in [0.25, 0.3) is 0 Å². The highest BCUT2D eigenvalue weighted by Crippen LogP contribution is 2.32. The van der Waals surface area contributed by atoms with Crippen molar-refractivity contribution in [3.8, 4) is 0 Å². The Morgan fingerprint density at radius 3 is 2.84 bits per heavy atom. The van der Waals surface area contributed by atoms with Crippen LogP contribution in [0.5, 0.6) is 0 Å². The summed E-state index contributed by atoms with van der Waals surface area (Å²) < 4.78 is 27.3. The molecule has 2 N–H and O–H groups in total. The number of nitrogens with zero attached hydrogens (tertiary/aromatic N) is 2. The van der Waals surface area contributed by atoms with Gasteiger partial charge in [-0.25, -0.2) is 8.42 Å². The van der Waals surface area contributed by atoms with Crippen molar-refractivity contribution in [2.45, 2.75) is 56.6 Å². The number of pyridine rings is 1. The smallest absolute Gasteiger partial charge is 0.245 e. The van der Waals surface area contributed by atoms with Crippen molar-refractivity contribution in [1.29, 1.82) is 0 Å². The summed E-state index contributed by atoms with van der Waals surface area (Å²) in [4.78, 5) is 4.33. The topological polar surface area (TPSA) is 76.3 Å². The average molecular weight is 283 g/mol. The van der Waals surface area contributed by atoms with E-state index in [1.54, 1.807) is 22.6 Å². The van der Waals surface area contributed by atoms with Crippen LogP contribution in [0.3, 0.4) is 0 Å². The molecule has 6 heteroatoms. The number of hydrogen-bond acceptors (Lipinski definition) is 4. The van der Waals surface area contributed by atoms with E-state index in [4.69, 9.17) is 5.73 Å². The molecular weight excluding hydrogens is 262 g/mol. The van der Waals surface area contributed by atoms with Crippen molar-refractivity contribution < 1.29 is 8.42 Å². The van der Waals surface area contributed by atoms with Crippen LogP contribution in [0.25, 0.3) is 0 Å². The predicted molar refractivity (Wildman–Crippen MR) is 73.9 cm³/mol. The second-order valence-electron chi connectivity index (χ2n) is 4.98. The Bertz CT molecular complexity index is 545. The molecule has 2 heterocycles. The zero-order valence-corrected chi connectivity index (χ0v) is 12.2.